The molecule has 2 N–H and O–H groups in total. The first-order valence-corrected chi connectivity index (χ1v) is 6.63. The molecule has 0 bridgehead atoms. The van der Waals surface area contributed by atoms with Crippen LogP contribution in [0, 0.1) is 6.92 Å². The predicted octanol–water partition coefficient (Wildman–Crippen LogP) is 2.42. The molecule has 1 heterocycles. The summed E-state index contributed by atoms with van der Waals surface area (Å²) in [5.74, 6) is 0.992. The highest BCUT2D eigenvalue weighted by atomic mass is 16.5. The van der Waals surface area contributed by atoms with Crippen molar-refractivity contribution in [1.82, 2.24) is 9.97 Å². The third kappa shape index (κ3) is 3.34. The lowest BCUT2D eigenvalue weighted by Gasteiger charge is -2.10. The molecule has 6 heteroatoms. The van der Waals surface area contributed by atoms with E-state index in [0.717, 1.165) is 11.3 Å². The third-order valence-electron chi connectivity index (χ3n) is 3.04. The molecule has 0 aliphatic rings. The lowest BCUT2D eigenvalue weighted by atomic mass is 10.2. The van der Waals surface area contributed by atoms with Gasteiger partial charge in [-0.25, -0.2) is 4.98 Å². The highest BCUT2D eigenvalue weighted by Crippen LogP contribution is 2.31. The quantitative estimate of drug-likeness (QED) is 0.853. The molecule has 21 heavy (non-hydrogen) atoms. The van der Waals surface area contributed by atoms with Gasteiger partial charge in [-0.1, -0.05) is 0 Å². The SMILES string of the molecule is CCOc1ccc(-c2nc(CC(=O)O)c(C)[nH]2)cc1OC. The number of hydrogen-bond acceptors (Lipinski definition) is 4. The Bertz CT molecular complexity index is 649. The summed E-state index contributed by atoms with van der Waals surface area (Å²) in [6.45, 7) is 4.26. The minimum atomic E-state index is -0.902. The van der Waals surface area contributed by atoms with Gasteiger partial charge in [0.1, 0.15) is 5.82 Å². The van der Waals surface area contributed by atoms with Crippen LogP contribution in [0.1, 0.15) is 18.3 Å². The number of aromatic nitrogens is 2. The van der Waals surface area contributed by atoms with E-state index in [1.54, 1.807) is 14.0 Å². The summed E-state index contributed by atoms with van der Waals surface area (Å²) < 4.78 is 10.8. The van der Waals surface area contributed by atoms with E-state index in [0.29, 0.717) is 29.6 Å². The molecular formula is C15H18N2O4. The summed E-state index contributed by atoms with van der Waals surface area (Å²) >= 11 is 0. The van der Waals surface area contributed by atoms with E-state index in [9.17, 15) is 4.79 Å². The largest absolute Gasteiger partial charge is 0.493 e. The maximum absolute atomic E-state index is 10.8. The minimum Gasteiger partial charge on any atom is -0.493 e. The monoisotopic (exact) mass is 290 g/mol. The van der Waals surface area contributed by atoms with Gasteiger partial charge in [0.05, 0.1) is 25.8 Å². The van der Waals surface area contributed by atoms with E-state index in [2.05, 4.69) is 9.97 Å². The van der Waals surface area contributed by atoms with Gasteiger partial charge >= 0.3 is 5.97 Å². The first-order chi connectivity index (χ1) is 10.0. The molecule has 0 radical (unpaired) electrons. The van der Waals surface area contributed by atoms with Gasteiger partial charge in [0, 0.05) is 11.3 Å². The fraction of sp³-hybridized carbons (Fsp3) is 0.333. The molecular weight excluding hydrogens is 272 g/mol. The van der Waals surface area contributed by atoms with Crippen LogP contribution in [0.25, 0.3) is 11.4 Å². The Morgan fingerprint density at radius 3 is 2.76 bits per heavy atom. The van der Waals surface area contributed by atoms with Gasteiger partial charge in [0.25, 0.3) is 0 Å². The number of carboxylic acids is 1. The molecule has 1 aromatic heterocycles. The number of rotatable bonds is 6. The molecule has 0 aliphatic carbocycles. The number of aromatic amines is 1. The Morgan fingerprint density at radius 2 is 2.14 bits per heavy atom. The zero-order valence-electron chi connectivity index (χ0n) is 12.3. The molecule has 0 atom stereocenters. The number of nitrogens with zero attached hydrogens (tertiary/aromatic N) is 1. The molecule has 1 aromatic carbocycles. The topological polar surface area (TPSA) is 84.4 Å². The molecule has 0 spiro atoms. The summed E-state index contributed by atoms with van der Waals surface area (Å²) in [5, 5.41) is 8.86. The molecule has 0 aliphatic heterocycles. The number of aryl methyl sites for hydroxylation is 1. The van der Waals surface area contributed by atoms with Gasteiger partial charge in [-0.05, 0) is 32.0 Å². The fourth-order valence-corrected chi connectivity index (χ4v) is 2.04. The van der Waals surface area contributed by atoms with Crippen LogP contribution in [0.4, 0.5) is 0 Å². The second-order valence-corrected chi connectivity index (χ2v) is 4.53. The fourth-order valence-electron chi connectivity index (χ4n) is 2.04. The van der Waals surface area contributed by atoms with Crippen molar-refractivity contribution in [2.24, 2.45) is 0 Å². The number of hydrogen-bond donors (Lipinski definition) is 2. The molecule has 0 saturated heterocycles. The smallest absolute Gasteiger partial charge is 0.309 e. The normalized spacial score (nSPS) is 10.4. The molecule has 112 valence electrons. The standard InChI is InChI=1S/C15H18N2O4/c1-4-21-12-6-5-10(7-13(12)20-3)15-16-9(2)11(17-15)8-14(18)19/h5-7H,4,8H2,1-3H3,(H,16,17)(H,18,19). The number of methoxy groups -OCH3 is 1. The first kappa shape index (κ1) is 14.9. The van der Waals surface area contributed by atoms with Crippen LogP contribution in [-0.2, 0) is 11.2 Å². The number of aliphatic carboxylic acids is 1. The van der Waals surface area contributed by atoms with Gasteiger partial charge in [0.15, 0.2) is 11.5 Å². The van der Waals surface area contributed by atoms with Crippen LogP contribution in [0.15, 0.2) is 18.2 Å². The zero-order chi connectivity index (χ0) is 15.4. The van der Waals surface area contributed by atoms with Gasteiger partial charge < -0.3 is 19.6 Å². The second kappa shape index (κ2) is 6.30. The Balaban J connectivity index is 2.35. The lowest BCUT2D eigenvalue weighted by Crippen LogP contribution is -2.01. The van der Waals surface area contributed by atoms with E-state index in [4.69, 9.17) is 14.6 Å². The molecule has 0 fully saturated rings. The van der Waals surface area contributed by atoms with Crippen LogP contribution < -0.4 is 9.47 Å². The van der Waals surface area contributed by atoms with Crippen LogP contribution in [-0.4, -0.2) is 34.8 Å². The number of nitrogens with one attached hydrogen (secondary N) is 1. The summed E-state index contributed by atoms with van der Waals surface area (Å²) in [4.78, 5) is 18.2. The average molecular weight is 290 g/mol. The molecule has 6 nitrogen and oxygen atoms in total. The van der Waals surface area contributed by atoms with Crippen molar-refractivity contribution in [3.8, 4) is 22.9 Å². The summed E-state index contributed by atoms with van der Waals surface area (Å²) in [6.07, 6.45) is -0.101. The van der Waals surface area contributed by atoms with Crippen molar-refractivity contribution >= 4 is 5.97 Å². The van der Waals surface area contributed by atoms with Gasteiger partial charge in [0.2, 0.25) is 0 Å². The zero-order valence-corrected chi connectivity index (χ0v) is 12.3. The molecule has 2 rings (SSSR count). The second-order valence-electron chi connectivity index (χ2n) is 4.53. The number of benzene rings is 1. The Kier molecular flexibility index (Phi) is 4.47. The van der Waals surface area contributed by atoms with Crippen LogP contribution in [0.2, 0.25) is 0 Å². The number of imidazole rings is 1. The highest BCUT2D eigenvalue weighted by molar-refractivity contribution is 5.70. The average Bonchev–Trinajstić information content (AvgIpc) is 2.80. The summed E-state index contributed by atoms with van der Waals surface area (Å²) in [5.41, 5.74) is 2.10. The number of carboxylic acid groups (broad SMARTS) is 1. The Hall–Kier alpha value is -2.50. The number of ether oxygens (including phenoxy) is 2. The molecule has 0 unspecified atom stereocenters. The van der Waals surface area contributed by atoms with Crippen molar-refractivity contribution in [2.45, 2.75) is 20.3 Å². The number of H-pyrrole nitrogens is 1. The third-order valence-corrected chi connectivity index (χ3v) is 3.04. The Labute approximate surface area is 122 Å². The van der Waals surface area contributed by atoms with Crippen molar-refractivity contribution in [3.63, 3.8) is 0 Å². The Morgan fingerprint density at radius 1 is 1.38 bits per heavy atom. The van der Waals surface area contributed by atoms with E-state index >= 15 is 0 Å². The highest BCUT2D eigenvalue weighted by Gasteiger charge is 2.13. The predicted molar refractivity (Wildman–Crippen MR) is 77.8 cm³/mol. The van der Waals surface area contributed by atoms with Crippen LogP contribution in [0.5, 0.6) is 11.5 Å². The van der Waals surface area contributed by atoms with E-state index in [1.165, 1.54) is 0 Å². The van der Waals surface area contributed by atoms with Crippen molar-refractivity contribution in [1.29, 1.82) is 0 Å². The van der Waals surface area contributed by atoms with Crippen molar-refractivity contribution in [3.05, 3.63) is 29.6 Å². The number of carbonyl (C=O) groups is 1. The van der Waals surface area contributed by atoms with Gasteiger partial charge in [-0.15, -0.1) is 0 Å². The maximum Gasteiger partial charge on any atom is 0.309 e. The summed E-state index contributed by atoms with van der Waals surface area (Å²) in [6, 6.07) is 5.48. The van der Waals surface area contributed by atoms with Gasteiger partial charge in [-0.3, -0.25) is 4.79 Å². The van der Waals surface area contributed by atoms with Crippen LogP contribution >= 0.6 is 0 Å². The van der Waals surface area contributed by atoms with E-state index < -0.39 is 5.97 Å². The first-order valence-electron chi connectivity index (χ1n) is 6.63. The van der Waals surface area contributed by atoms with Crippen LogP contribution in [0.3, 0.4) is 0 Å². The van der Waals surface area contributed by atoms with E-state index in [-0.39, 0.29) is 6.42 Å². The molecule has 2 aromatic rings. The molecule has 0 saturated carbocycles. The minimum absolute atomic E-state index is 0.101. The molecule has 0 amide bonds. The van der Waals surface area contributed by atoms with Crippen molar-refractivity contribution in [2.75, 3.05) is 13.7 Å². The maximum atomic E-state index is 10.8. The van der Waals surface area contributed by atoms with E-state index in [1.807, 2.05) is 25.1 Å². The van der Waals surface area contributed by atoms with Crippen molar-refractivity contribution < 1.29 is 19.4 Å². The lowest BCUT2D eigenvalue weighted by molar-refractivity contribution is -0.136. The summed E-state index contributed by atoms with van der Waals surface area (Å²) in [7, 11) is 1.57. The van der Waals surface area contributed by atoms with Gasteiger partial charge in [-0.2, -0.15) is 0 Å².